The lowest BCUT2D eigenvalue weighted by atomic mass is 9.89. The fraction of sp³-hybridized carbons (Fsp3) is 0.600. The van der Waals surface area contributed by atoms with E-state index in [2.05, 4.69) is 20.9 Å². The Labute approximate surface area is 179 Å². The summed E-state index contributed by atoms with van der Waals surface area (Å²) in [4.78, 5) is 16.3. The quantitative estimate of drug-likeness (QED) is 0.238. The van der Waals surface area contributed by atoms with Gasteiger partial charge in [0.2, 0.25) is 5.91 Å². The first-order valence-electron chi connectivity index (χ1n) is 9.57. The van der Waals surface area contributed by atoms with Crippen molar-refractivity contribution in [3.8, 4) is 0 Å². The molecule has 1 amide bonds. The SMILES string of the molecule is CN=C(NCCNC(=O)C1CCCCC1)NCCc1ccc(F)cc1C.I. The van der Waals surface area contributed by atoms with E-state index >= 15 is 0 Å². The molecule has 27 heavy (non-hydrogen) atoms. The first kappa shape index (κ1) is 23.7. The number of halogens is 2. The topological polar surface area (TPSA) is 65.5 Å². The maximum absolute atomic E-state index is 13.1. The monoisotopic (exact) mass is 490 g/mol. The summed E-state index contributed by atoms with van der Waals surface area (Å²) in [5.41, 5.74) is 2.08. The van der Waals surface area contributed by atoms with Gasteiger partial charge in [0.05, 0.1) is 0 Å². The van der Waals surface area contributed by atoms with E-state index in [-0.39, 0.29) is 41.6 Å². The molecule has 1 saturated carbocycles. The number of hydrogen-bond acceptors (Lipinski definition) is 2. The number of nitrogens with one attached hydrogen (secondary N) is 3. The molecule has 0 aliphatic heterocycles. The molecule has 0 unspecified atom stereocenters. The van der Waals surface area contributed by atoms with E-state index in [0.717, 1.165) is 30.4 Å². The fourth-order valence-electron chi connectivity index (χ4n) is 3.35. The molecule has 2 rings (SSSR count). The van der Waals surface area contributed by atoms with Gasteiger partial charge in [0, 0.05) is 32.6 Å². The van der Waals surface area contributed by atoms with Crippen LogP contribution in [0.1, 0.15) is 43.2 Å². The molecular weight excluding hydrogens is 458 g/mol. The van der Waals surface area contributed by atoms with Crippen LogP contribution in [-0.4, -0.2) is 38.5 Å². The van der Waals surface area contributed by atoms with Crippen molar-refractivity contribution in [2.45, 2.75) is 45.4 Å². The van der Waals surface area contributed by atoms with E-state index in [9.17, 15) is 9.18 Å². The normalized spacial score (nSPS) is 15.0. The van der Waals surface area contributed by atoms with Crippen LogP contribution < -0.4 is 16.0 Å². The molecule has 1 aromatic rings. The van der Waals surface area contributed by atoms with E-state index < -0.39 is 0 Å². The molecule has 0 saturated heterocycles. The van der Waals surface area contributed by atoms with Crippen molar-refractivity contribution in [2.24, 2.45) is 10.9 Å². The third-order valence-electron chi connectivity index (χ3n) is 4.91. The standard InChI is InChI=1S/C20H31FN4O.HI/c1-15-14-18(21)9-8-16(15)10-11-24-20(22-2)25-13-12-23-19(26)17-6-4-3-5-7-17;/h8-9,14,17H,3-7,10-13H2,1-2H3,(H,23,26)(H2,22,24,25);1H. The zero-order chi connectivity index (χ0) is 18.8. The molecule has 3 N–H and O–H groups in total. The summed E-state index contributed by atoms with van der Waals surface area (Å²) in [7, 11) is 1.72. The smallest absolute Gasteiger partial charge is 0.223 e. The third kappa shape index (κ3) is 8.45. The Bertz CT molecular complexity index is 618. The minimum Gasteiger partial charge on any atom is -0.356 e. The first-order valence-corrected chi connectivity index (χ1v) is 9.57. The third-order valence-corrected chi connectivity index (χ3v) is 4.91. The van der Waals surface area contributed by atoms with Gasteiger partial charge in [-0.1, -0.05) is 25.3 Å². The van der Waals surface area contributed by atoms with Gasteiger partial charge in [0.15, 0.2) is 5.96 Å². The molecule has 7 heteroatoms. The van der Waals surface area contributed by atoms with Crippen LogP contribution >= 0.6 is 24.0 Å². The molecule has 0 radical (unpaired) electrons. The zero-order valence-corrected chi connectivity index (χ0v) is 18.6. The van der Waals surface area contributed by atoms with Crippen molar-refractivity contribution in [3.63, 3.8) is 0 Å². The Balaban J connectivity index is 0.00000364. The summed E-state index contributed by atoms with van der Waals surface area (Å²) in [6.45, 7) is 3.85. The highest BCUT2D eigenvalue weighted by Gasteiger charge is 2.20. The predicted octanol–water partition coefficient (Wildman–Crippen LogP) is 3.16. The molecule has 0 heterocycles. The average Bonchev–Trinajstić information content (AvgIpc) is 2.65. The van der Waals surface area contributed by atoms with Gasteiger partial charge in [-0.3, -0.25) is 9.79 Å². The number of carbonyl (C=O) groups excluding carboxylic acids is 1. The highest BCUT2D eigenvalue weighted by Crippen LogP contribution is 2.23. The van der Waals surface area contributed by atoms with Crippen LogP contribution in [0.2, 0.25) is 0 Å². The lowest BCUT2D eigenvalue weighted by Crippen LogP contribution is -2.43. The summed E-state index contributed by atoms with van der Waals surface area (Å²) >= 11 is 0. The molecule has 0 bridgehead atoms. The minimum atomic E-state index is -0.202. The van der Waals surface area contributed by atoms with Gasteiger partial charge < -0.3 is 16.0 Å². The zero-order valence-electron chi connectivity index (χ0n) is 16.3. The van der Waals surface area contributed by atoms with Gasteiger partial charge in [-0.2, -0.15) is 0 Å². The van der Waals surface area contributed by atoms with E-state index in [4.69, 9.17) is 0 Å². The lowest BCUT2D eigenvalue weighted by molar-refractivity contribution is -0.125. The van der Waals surface area contributed by atoms with Crippen LogP contribution in [0.25, 0.3) is 0 Å². The highest BCUT2D eigenvalue weighted by molar-refractivity contribution is 14.0. The Hall–Kier alpha value is -1.38. The van der Waals surface area contributed by atoms with Crippen LogP contribution in [0.5, 0.6) is 0 Å². The average molecular weight is 490 g/mol. The fourth-order valence-corrected chi connectivity index (χ4v) is 3.35. The molecule has 152 valence electrons. The predicted molar refractivity (Wildman–Crippen MR) is 119 cm³/mol. The number of benzene rings is 1. The van der Waals surface area contributed by atoms with E-state index in [1.165, 1.54) is 25.3 Å². The van der Waals surface area contributed by atoms with Crippen molar-refractivity contribution >= 4 is 35.8 Å². The van der Waals surface area contributed by atoms with Crippen LogP contribution in [0, 0.1) is 18.7 Å². The van der Waals surface area contributed by atoms with E-state index in [1.807, 2.05) is 13.0 Å². The number of aliphatic imine (C=N–C) groups is 1. The second-order valence-corrected chi connectivity index (χ2v) is 6.87. The van der Waals surface area contributed by atoms with E-state index in [1.54, 1.807) is 13.1 Å². The summed E-state index contributed by atoms with van der Waals surface area (Å²) in [5.74, 6) is 0.880. The molecule has 0 aromatic heterocycles. The van der Waals surface area contributed by atoms with Crippen LogP contribution in [0.3, 0.4) is 0 Å². The highest BCUT2D eigenvalue weighted by atomic mass is 127. The minimum absolute atomic E-state index is 0. The van der Waals surface area contributed by atoms with Crippen LogP contribution in [-0.2, 0) is 11.2 Å². The molecule has 1 aromatic carbocycles. The molecule has 0 atom stereocenters. The Morgan fingerprint density at radius 1 is 1.11 bits per heavy atom. The number of carbonyl (C=O) groups is 1. The lowest BCUT2D eigenvalue weighted by Gasteiger charge is -2.21. The second-order valence-electron chi connectivity index (χ2n) is 6.87. The molecule has 1 aliphatic rings. The van der Waals surface area contributed by atoms with Crippen LogP contribution in [0.4, 0.5) is 4.39 Å². The largest absolute Gasteiger partial charge is 0.356 e. The number of rotatable bonds is 7. The maximum Gasteiger partial charge on any atom is 0.223 e. The summed E-state index contributed by atoms with van der Waals surface area (Å²) in [5, 5.41) is 9.45. The van der Waals surface area contributed by atoms with Gasteiger partial charge in [-0.05, 0) is 49.4 Å². The number of nitrogens with zero attached hydrogens (tertiary/aromatic N) is 1. The Morgan fingerprint density at radius 3 is 2.44 bits per heavy atom. The summed E-state index contributed by atoms with van der Waals surface area (Å²) < 4.78 is 13.1. The van der Waals surface area contributed by atoms with Gasteiger partial charge in [0.1, 0.15) is 5.82 Å². The van der Waals surface area contributed by atoms with Crippen molar-refractivity contribution in [2.75, 3.05) is 26.7 Å². The van der Waals surface area contributed by atoms with E-state index in [0.29, 0.717) is 25.6 Å². The number of hydrogen-bond donors (Lipinski definition) is 3. The van der Waals surface area contributed by atoms with Crippen molar-refractivity contribution < 1.29 is 9.18 Å². The van der Waals surface area contributed by atoms with Crippen molar-refractivity contribution in [3.05, 3.63) is 35.1 Å². The number of guanidine groups is 1. The van der Waals surface area contributed by atoms with Gasteiger partial charge in [-0.15, -0.1) is 24.0 Å². The van der Waals surface area contributed by atoms with Gasteiger partial charge in [0.25, 0.3) is 0 Å². The molecule has 1 aliphatic carbocycles. The van der Waals surface area contributed by atoms with Gasteiger partial charge in [-0.25, -0.2) is 4.39 Å². The second kappa shape index (κ2) is 12.9. The summed E-state index contributed by atoms with van der Waals surface area (Å²) in [6, 6.07) is 4.87. The number of amides is 1. The van der Waals surface area contributed by atoms with Crippen LogP contribution in [0.15, 0.2) is 23.2 Å². The number of aryl methyl sites for hydroxylation is 1. The maximum atomic E-state index is 13.1. The van der Waals surface area contributed by atoms with Crippen molar-refractivity contribution in [1.82, 2.24) is 16.0 Å². The molecule has 5 nitrogen and oxygen atoms in total. The van der Waals surface area contributed by atoms with Crippen molar-refractivity contribution in [1.29, 1.82) is 0 Å². The Kier molecular flexibility index (Phi) is 11.3. The molecule has 0 spiro atoms. The molecular formula is C20H32FIN4O. The molecule has 1 fully saturated rings. The first-order chi connectivity index (χ1) is 12.6. The summed E-state index contributed by atoms with van der Waals surface area (Å²) in [6.07, 6.45) is 6.42. The Morgan fingerprint density at radius 2 is 1.78 bits per heavy atom. The van der Waals surface area contributed by atoms with Gasteiger partial charge >= 0.3 is 0 Å².